The molecule has 0 radical (unpaired) electrons. The number of piperidine rings is 1. The summed E-state index contributed by atoms with van der Waals surface area (Å²) in [6, 6.07) is 0.653. The number of hydrogen-bond donors (Lipinski definition) is 0. The van der Waals surface area contributed by atoms with Gasteiger partial charge in [0.15, 0.2) is 0 Å². The molecule has 2 saturated heterocycles. The fourth-order valence-electron chi connectivity index (χ4n) is 2.59. The molecule has 0 saturated carbocycles. The average Bonchev–Trinajstić information content (AvgIpc) is 2.32. The topological polar surface area (TPSA) is 40.6 Å². The predicted molar refractivity (Wildman–Crippen MR) is 65.0 cm³/mol. The van der Waals surface area contributed by atoms with Crippen molar-refractivity contribution < 1.29 is 9.00 Å². The van der Waals surface area contributed by atoms with Crippen LogP contribution in [0.15, 0.2) is 0 Å². The summed E-state index contributed by atoms with van der Waals surface area (Å²) < 4.78 is 11.3. The number of nitrogens with zero attached hydrogens (tertiary/aromatic N) is 2. The highest BCUT2D eigenvalue weighted by molar-refractivity contribution is 7.85. The molecule has 0 unspecified atom stereocenters. The van der Waals surface area contributed by atoms with Crippen LogP contribution < -0.4 is 0 Å². The molecule has 0 aromatic heterocycles. The third-order valence-electron chi connectivity index (χ3n) is 3.62. The second-order valence-electron chi connectivity index (χ2n) is 4.58. The molecule has 2 aliphatic heterocycles. The van der Waals surface area contributed by atoms with Crippen LogP contribution in [0.3, 0.4) is 0 Å². The minimum atomic E-state index is -0.574. The van der Waals surface area contributed by atoms with Crippen LogP contribution in [0.2, 0.25) is 0 Å². The van der Waals surface area contributed by atoms with Crippen LogP contribution in [0.4, 0.5) is 0 Å². The van der Waals surface area contributed by atoms with Gasteiger partial charge in [-0.2, -0.15) is 0 Å². The van der Waals surface area contributed by atoms with Crippen LogP contribution in [0.25, 0.3) is 0 Å². The summed E-state index contributed by atoms with van der Waals surface area (Å²) in [7, 11) is -0.574. The first kappa shape index (κ1) is 12.2. The van der Waals surface area contributed by atoms with E-state index in [9.17, 15) is 9.00 Å². The third kappa shape index (κ3) is 3.12. The first-order valence-electron chi connectivity index (χ1n) is 6.04. The van der Waals surface area contributed by atoms with E-state index >= 15 is 0 Å². The van der Waals surface area contributed by atoms with E-state index in [2.05, 4.69) is 9.80 Å². The Bertz CT molecular complexity index is 255. The van der Waals surface area contributed by atoms with Crippen molar-refractivity contribution in [1.82, 2.24) is 9.80 Å². The molecule has 0 atom stereocenters. The van der Waals surface area contributed by atoms with Gasteiger partial charge in [-0.3, -0.25) is 14.0 Å². The van der Waals surface area contributed by atoms with Crippen LogP contribution >= 0.6 is 0 Å². The lowest BCUT2D eigenvalue weighted by Gasteiger charge is -2.39. The van der Waals surface area contributed by atoms with Crippen LogP contribution in [-0.4, -0.2) is 70.6 Å². The zero-order valence-electron chi connectivity index (χ0n) is 9.64. The zero-order valence-corrected chi connectivity index (χ0v) is 10.5. The minimum Gasteiger partial charge on any atom is -0.302 e. The highest BCUT2D eigenvalue weighted by atomic mass is 32.2. The van der Waals surface area contributed by atoms with Gasteiger partial charge in [0.1, 0.15) is 6.29 Å². The van der Waals surface area contributed by atoms with Crippen molar-refractivity contribution in [2.24, 2.45) is 0 Å². The quantitative estimate of drug-likeness (QED) is 0.640. The molecule has 0 spiro atoms. The molecule has 2 heterocycles. The molecule has 0 aliphatic carbocycles. The summed E-state index contributed by atoms with van der Waals surface area (Å²) in [5.41, 5.74) is 0. The molecule has 5 heteroatoms. The highest BCUT2D eigenvalue weighted by Crippen LogP contribution is 2.17. The van der Waals surface area contributed by atoms with Crippen molar-refractivity contribution in [3.05, 3.63) is 0 Å². The summed E-state index contributed by atoms with van der Waals surface area (Å²) in [6.07, 6.45) is 3.30. The van der Waals surface area contributed by atoms with Crippen LogP contribution in [0, 0.1) is 0 Å². The molecular weight excluding hydrogens is 224 g/mol. The Morgan fingerprint density at radius 2 is 1.75 bits per heavy atom. The van der Waals surface area contributed by atoms with Gasteiger partial charge in [0, 0.05) is 54.5 Å². The van der Waals surface area contributed by atoms with E-state index in [1.807, 2.05) is 0 Å². The van der Waals surface area contributed by atoms with E-state index in [-0.39, 0.29) is 0 Å². The van der Waals surface area contributed by atoms with Gasteiger partial charge in [-0.15, -0.1) is 0 Å². The molecule has 2 aliphatic rings. The highest BCUT2D eigenvalue weighted by Gasteiger charge is 2.26. The summed E-state index contributed by atoms with van der Waals surface area (Å²) in [4.78, 5) is 15.1. The summed E-state index contributed by atoms with van der Waals surface area (Å²) in [5.74, 6) is 1.68. The number of aldehydes is 1. The molecule has 4 nitrogen and oxygen atoms in total. The van der Waals surface area contributed by atoms with Crippen LogP contribution in [-0.2, 0) is 15.6 Å². The van der Waals surface area contributed by atoms with Gasteiger partial charge in [-0.05, 0) is 12.8 Å². The molecule has 92 valence electrons. The first-order chi connectivity index (χ1) is 7.79. The van der Waals surface area contributed by atoms with E-state index in [1.54, 1.807) is 0 Å². The molecule has 0 N–H and O–H groups in total. The monoisotopic (exact) mass is 244 g/mol. The van der Waals surface area contributed by atoms with Crippen molar-refractivity contribution in [2.75, 3.05) is 44.2 Å². The largest absolute Gasteiger partial charge is 0.302 e. The van der Waals surface area contributed by atoms with Crippen molar-refractivity contribution in [2.45, 2.75) is 18.9 Å². The Morgan fingerprint density at radius 3 is 2.31 bits per heavy atom. The number of carbonyl (C=O) groups is 1. The maximum absolute atomic E-state index is 11.3. The van der Waals surface area contributed by atoms with Gasteiger partial charge in [0.05, 0.1) is 6.54 Å². The number of likely N-dealkylation sites (tertiary alicyclic amines) is 1. The summed E-state index contributed by atoms with van der Waals surface area (Å²) in [6.45, 7) is 4.62. The normalized spacial score (nSPS) is 27.0. The molecule has 2 fully saturated rings. The van der Waals surface area contributed by atoms with Gasteiger partial charge in [-0.25, -0.2) is 0 Å². The van der Waals surface area contributed by atoms with Crippen molar-refractivity contribution in [3.8, 4) is 0 Å². The second-order valence-corrected chi connectivity index (χ2v) is 6.28. The zero-order chi connectivity index (χ0) is 11.4. The third-order valence-corrected chi connectivity index (χ3v) is 4.89. The summed E-state index contributed by atoms with van der Waals surface area (Å²) >= 11 is 0. The smallest absolute Gasteiger partial charge is 0.133 e. The van der Waals surface area contributed by atoms with Crippen molar-refractivity contribution in [3.63, 3.8) is 0 Å². The van der Waals surface area contributed by atoms with Crippen LogP contribution in [0.5, 0.6) is 0 Å². The minimum absolute atomic E-state index is 0.574. The lowest BCUT2D eigenvalue weighted by molar-refractivity contribution is -0.109. The Hall–Kier alpha value is -0.260. The fourth-order valence-corrected chi connectivity index (χ4v) is 3.67. The number of rotatable bonds is 3. The van der Waals surface area contributed by atoms with E-state index < -0.39 is 10.8 Å². The van der Waals surface area contributed by atoms with Gasteiger partial charge < -0.3 is 4.79 Å². The lowest BCUT2D eigenvalue weighted by atomic mass is 10.0. The van der Waals surface area contributed by atoms with Gasteiger partial charge in [0.25, 0.3) is 0 Å². The van der Waals surface area contributed by atoms with E-state index in [0.29, 0.717) is 12.6 Å². The Labute approximate surface area is 99.4 Å². The van der Waals surface area contributed by atoms with Gasteiger partial charge in [-0.1, -0.05) is 0 Å². The van der Waals surface area contributed by atoms with Gasteiger partial charge >= 0.3 is 0 Å². The SMILES string of the molecule is O=CCN1CCC(N2CCS(=O)CC2)CC1. The number of carbonyl (C=O) groups excluding carboxylic acids is 1. The van der Waals surface area contributed by atoms with E-state index in [0.717, 1.165) is 56.8 Å². The fraction of sp³-hybridized carbons (Fsp3) is 0.909. The average molecular weight is 244 g/mol. The predicted octanol–water partition coefficient (Wildman–Crippen LogP) is -0.286. The van der Waals surface area contributed by atoms with Crippen LogP contribution in [0.1, 0.15) is 12.8 Å². The first-order valence-corrected chi connectivity index (χ1v) is 7.53. The summed E-state index contributed by atoms with van der Waals surface area (Å²) in [5, 5.41) is 0. The molecule has 16 heavy (non-hydrogen) atoms. The molecule has 0 aromatic carbocycles. The molecule has 0 bridgehead atoms. The molecule has 2 rings (SSSR count). The maximum atomic E-state index is 11.3. The Balaban J connectivity index is 1.76. The van der Waals surface area contributed by atoms with Gasteiger partial charge in [0.2, 0.25) is 0 Å². The Kier molecular flexibility index (Phi) is 4.49. The number of hydrogen-bond acceptors (Lipinski definition) is 4. The van der Waals surface area contributed by atoms with E-state index in [4.69, 9.17) is 0 Å². The standard InChI is InChI=1S/C11H20N2O2S/c14-8-5-12-3-1-11(2-4-12)13-6-9-16(15)10-7-13/h8,11H,1-7,9-10H2. The second kappa shape index (κ2) is 5.89. The maximum Gasteiger partial charge on any atom is 0.133 e. The molecule has 0 amide bonds. The van der Waals surface area contributed by atoms with Crippen molar-refractivity contribution in [1.29, 1.82) is 0 Å². The lowest BCUT2D eigenvalue weighted by Crippen LogP contribution is -2.49. The molecule has 0 aromatic rings. The Morgan fingerprint density at radius 1 is 1.12 bits per heavy atom. The molecular formula is C11H20N2O2S. The van der Waals surface area contributed by atoms with Crippen molar-refractivity contribution >= 4 is 17.1 Å². The van der Waals surface area contributed by atoms with E-state index in [1.165, 1.54) is 0 Å².